The molecule has 0 radical (unpaired) electrons. The second kappa shape index (κ2) is 10.0. The third-order valence-electron chi connectivity index (χ3n) is 4.51. The highest BCUT2D eigenvalue weighted by molar-refractivity contribution is 5.52. The molecule has 0 N–H and O–H groups in total. The van der Waals surface area contributed by atoms with E-state index in [1.165, 1.54) is 12.1 Å². The minimum absolute atomic E-state index is 0.152. The van der Waals surface area contributed by atoms with E-state index in [0.717, 1.165) is 5.56 Å². The van der Waals surface area contributed by atoms with E-state index in [1.807, 2.05) is 55.5 Å². The summed E-state index contributed by atoms with van der Waals surface area (Å²) in [6.45, 7) is 2.30. The maximum atomic E-state index is 13.6. The van der Waals surface area contributed by atoms with Gasteiger partial charge in [0.25, 0.3) is 0 Å². The summed E-state index contributed by atoms with van der Waals surface area (Å²) >= 11 is 0. The van der Waals surface area contributed by atoms with Crippen molar-refractivity contribution in [1.82, 2.24) is 0 Å². The molecule has 0 aliphatic heterocycles. The molecule has 0 saturated carbocycles. The van der Waals surface area contributed by atoms with Gasteiger partial charge in [-0.3, -0.25) is 0 Å². The lowest BCUT2D eigenvalue weighted by atomic mass is 9.94. The van der Waals surface area contributed by atoms with Crippen LogP contribution in [0.4, 0.5) is 13.2 Å². The van der Waals surface area contributed by atoms with Crippen LogP contribution in [0.2, 0.25) is 0 Å². The van der Waals surface area contributed by atoms with E-state index in [0.29, 0.717) is 23.9 Å². The Morgan fingerprint density at radius 1 is 0.833 bits per heavy atom. The molecule has 0 aliphatic carbocycles. The molecule has 1 unspecified atom stereocenters. The number of alkyl halides is 3. The van der Waals surface area contributed by atoms with Crippen molar-refractivity contribution in [2.24, 2.45) is 0 Å². The second-order valence-electron chi connectivity index (χ2n) is 6.72. The third-order valence-corrected chi connectivity index (χ3v) is 4.51. The van der Waals surface area contributed by atoms with Gasteiger partial charge in [0.05, 0.1) is 12.5 Å². The van der Waals surface area contributed by atoms with Gasteiger partial charge in [0.15, 0.2) is 0 Å². The summed E-state index contributed by atoms with van der Waals surface area (Å²) in [5.74, 6) is 0.314. The molecule has 3 rings (SSSR count). The van der Waals surface area contributed by atoms with Gasteiger partial charge in [0.2, 0.25) is 0 Å². The minimum Gasteiger partial charge on any atom is -0.494 e. The number of para-hydroxylation sites is 1. The zero-order valence-electron chi connectivity index (χ0n) is 16.6. The van der Waals surface area contributed by atoms with Gasteiger partial charge < -0.3 is 9.47 Å². The summed E-state index contributed by atoms with van der Waals surface area (Å²) in [7, 11) is 0. The molecule has 0 saturated heterocycles. The molecule has 2 nitrogen and oxygen atoms in total. The molecule has 156 valence electrons. The van der Waals surface area contributed by atoms with Crippen molar-refractivity contribution in [2.75, 3.05) is 6.61 Å². The van der Waals surface area contributed by atoms with Gasteiger partial charge in [0, 0.05) is 0 Å². The highest BCUT2D eigenvalue weighted by atomic mass is 19.4. The summed E-state index contributed by atoms with van der Waals surface area (Å²) in [6, 6.07) is 22.7. The van der Waals surface area contributed by atoms with Crippen LogP contribution in [-0.4, -0.2) is 12.8 Å². The third kappa shape index (κ3) is 6.14. The largest absolute Gasteiger partial charge is 0.494 e. The lowest BCUT2D eigenvalue weighted by Crippen LogP contribution is -2.20. The fourth-order valence-electron chi connectivity index (χ4n) is 3.07. The van der Waals surface area contributed by atoms with E-state index in [1.54, 1.807) is 30.4 Å². The zero-order valence-corrected chi connectivity index (χ0v) is 16.6. The lowest BCUT2D eigenvalue weighted by Gasteiger charge is -2.19. The van der Waals surface area contributed by atoms with Gasteiger partial charge in [-0.1, -0.05) is 54.6 Å². The summed E-state index contributed by atoms with van der Waals surface area (Å²) in [5.41, 5.74) is 0.993. The van der Waals surface area contributed by atoms with E-state index in [-0.39, 0.29) is 12.0 Å². The van der Waals surface area contributed by atoms with Crippen LogP contribution in [0.25, 0.3) is 6.08 Å². The lowest BCUT2D eigenvalue weighted by molar-refractivity contribution is -0.149. The van der Waals surface area contributed by atoms with Gasteiger partial charge in [-0.05, 0) is 60.9 Å². The predicted octanol–water partition coefficient (Wildman–Crippen LogP) is 7.63. The highest BCUT2D eigenvalue weighted by Crippen LogP contribution is 2.38. The van der Waals surface area contributed by atoms with E-state index in [9.17, 15) is 13.2 Å². The molecule has 3 aromatic rings. The number of hydrogen-bond donors (Lipinski definition) is 0. The van der Waals surface area contributed by atoms with E-state index < -0.39 is 12.1 Å². The van der Waals surface area contributed by atoms with Gasteiger partial charge in [-0.2, -0.15) is 13.2 Å². The smallest absolute Gasteiger partial charge is 0.396 e. The minimum atomic E-state index is -4.34. The van der Waals surface area contributed by atoms with Gasteiger partial charge >= 0.3 is 6.18 Å². The molecule has 0 fully saturated rings. The maximum absolute atomic E-state index is 13.6. The van der Waals surface area contributed by atoms with Crippen molar-refractivity contribution < 1.29 is 22.6 Å². The van der Waals surface area contributed by atoms with E-state index in [2.05, 4.69) is 0 Å². The quantitative estimate of drug-likeness (QED) is 0.379. The van der Waals surface area contributed by atoms with Crippen molar-refractivity contribution >= 4 is 6.08 Å². The standard InChI is InChI=1S/C25H23F3O2/c1-2-29-21-16-14-20(15-17-21)24(25(26,27)28)13-7-9-19-8-6-12-23(18-19)30-22-10-4-3-5-11-22/h3-12,14-18,24H,2,13H2,1H3/b9-7-. The Hall–Kier alpha value is -3.21. The van der Waals surface area contributed by atoms with Crippen molar-refractivity contribution in [2.45, 2.75) is 25.4 Å². The van der Waals surface area contributed by atoms with Crippen LogP contribution in [0.1, 0.15) is 30.4 Å². The van der Waals surface area contributed by atoms with Crippen molar-refractivity contribution in [1.29, 1.82) is 0 Å². The Labute approximate surface area is 174 Å². The molecule has 3 aromatic carbocycles. The van der Waals surface area contributed by atoms with Crippen LogP contribution in [0, 0.1) is 0 Å². The fraction of sp³-hybridized carbons (Fsp3) is 0.200. The molecule has 1 atom stereocenters. The molecule has 0 spiro atoms. The SMILES string of the molecule is CCOc1ccc(C(C/C=C\c2cccc(Oc3ccccc3)c2)C(F)(F)F)cc1. The first-order valence-electron chi connectivity index (χ1n) is 9.74. The number of benzene rings is 3. The molecular formula is C25H23F3O2. The Bertz CT molecular complexity index is 948. The topological polar surface area (TPSA) is 18.5 Å². The molecule has 0 amide bonds. The number of allylic oxidation sites excluding steroid dienone is 1. The fourth-order valence-corrected chi connectivity index (χ4v) is 3.07. The number of rotatable bonds is 8. The molecule has 5 heteroatoms. The molecule has 0 aromatic heterocycles. The highest BCUT2D eigenvalue weighted by Gasteiger charge is 2.39. The average molecular weight is 412 g/mol. The summed E-state index contributed by atoms with van der Waals surface area (Å²) in [5, 5.41) is 0. The normalized spacial score (nSPS) is 12.7. The van der Waals surface area contributed by atoms with Crippen LogP contribution in [0.15, 0.2) is 84.9 Å². The van der Waals surface area contributed by atoms with Gasteiger partial charge in [-0.15, -0.1) is 0 Å². The number of hydrogen-bond acceptors (Lipinski definition) is 2. The Kier molecular flexibility index (Phi) is 7.17. The molecule has 0 aliphatic rings. The Morgan fingerprint density at radius 2 is 1.53 bits per heavy atom. The van der Waals surface area contributed by atoms with E-state index in [4.69, 9.17) is 9.47 Å². The Morgan fingerprint density at radius 3 is 2.20 bits per heavy atom. The Balaban J connectivity index is 1.70. The van der Waals surface area contributed by atoms with Crippen LogP contribution in [0.5, 0.6) is 17.2 Å². The van der Waals surface area contributed by atoms with Gasteiger partial charge in [-0.25, -0.2) is 0 Å². The summed E-state index contributed by atoms with van der Waals surface area (Å²) in [4.78, 5) is 0. The zero-order chi connectivity index (χ0) is 21.4. The average Bonchev–Trinajstić information content (AvgIpc) is 2.72. The van der Waals surface area contributed by atoms with Crippen LogP contribution in [-0.2, 0) is 0 Å². The maximum Gasteiger partial charge on any atom is 0.396 e. The summed E-state index contributed by atoms with van der Waals surface area (Å²) < 4.78 is 51.9. The second-order valence-corrected chi connectivity index (χ2v) is 6.72. The molecule has 0 bridgehead atoms. The molecule has 0 heterocycles. The van der Waals surface area contributed by atoms with Crippen molar-refractivity contribution in [3.05, 3.63) is 96.1 Å². The summed E-state index contributed by atoms with van der Waals surface area (Å²) in [6.07, 6.45) is -1.25. The first-order chi connectivity index (χ1) is 14.5. The van der Waals surface area contributed by atoms with Crippen LogP contribution in [0.3, 0.4) is 0 Å². The predicted molar refractivity (Wildman–Crippen MR) is 113 cm³/mol. The van der Waals surface area contributed by atoms with Gasteiger partial charge in [0.1, 0.15) is 17.2 Å². The monoisotopic (exact) mass is 412 g/mol. The first-order valence-corrected chi connectivity index (χ1v) is 9.74. The van der Waals surface area contributed by atoms with Crippen LogP contribution >= 0.6 is 0 Å². The molecular weight excluding hydrogens is 389 g/mol. The first kappa shape index (κ1) is 21.5. The number of ether oxygens (including phenoxy) is 2. The number of halogens is 3. The van der Waals surface area contributed by atoms with E-state index >= 15 is 0 Å². The van der Waals surface area contributed by atoms with Crippen molar-refractivity contribution in [3.8, 4) is 17.2 Å². The van der Waals surface area contributed by atoms with Crippen molar-refractivity contribution in [3.63, 3.8) is 0 Å². The molecule has 30 heavy (non-hydrogen) atoms. The van der Waals surface area contributed by atoms with Crippen LogP contribution < -0.4 is 9.47 Å².